The van der Waals surface area contributed by atoms with Crippen LogP contribution in [0.25, 0.3) is 0 Å². The van der Waals surface area contributed by atoms with Gasteiger partial charge in [-0.3, -0.25) is 4.79 Å². The van der Waals surface area contributed by atoms with Crippen LogP contribution in [0.15, 0.2) is 0 Å². The molecule has 1 heterocycles. The quantitative estimate of drug-likeness (QED) is 0.701. The van der Waals surface area contributed by atoms with Gasteiger partial charge in [0.05, 0.1) is 6.10 Å². The molecule has 0 aromatic rings. The van der Waals surface area contributed by atoms with Gasteiger partial charge in [-0.15, -0.1) is 0 Å². The molecule has 0 aromatic heterocycles. The minimum absolute atomic E-state index is 0.0758. The zero-order valence-corrected chi connectivity index (χ0v) is 9.62. The SMILES string of the molecule is CCC(N)(CC)C(=O)OCC1CCCO1. The van der Waals surface area contributed by atoms with Gasteiger partial charge < -0.3 is 15.2 Å². The van der Waals surface area contributed by atoms with Crippen LogP contribution in [0, 0.1) is 0 Å². The summed E-state index contributed by atoms with van der Waals surface area (Å²) < 4.78 is 10.5. The van der Waals surface area contributed by atoms with Crippen molar-refractivity contribution in [3.8, 4) is 0 Å². The smallest absolute Gasteiger partial charge is 0.326 e. The highest BCUT2D eigenvalue weighted by atomic mass is 16.6. The summed E-state index contributed by atoms with van der Waals surface area (Å²) in [5.74, 6) is -0.303. The Balaban J connectivity index is 2.33. The Labute approximate surface area is 91.1 Å². The lowest BCUT2D eigenvalue weighted by Crippen LogP contribution is -2.48. The number of esters is 1. The minimum atomic E-state index is -0.821. The van der Waals surface area contributed by atoms with E-state index in [4.69, 9.17) is 15.2 Å². The Morgan fingerprint density at radius 1 is 1.53 bits per heavy atom. The van der Waals surface area contributed by atoms with E-state index in [1.54, 1.807) is 0 Å². The van der Waals surface area contributed by atoms with Crippen LogP contribution in [0.3, 0.4) is 0 Å². The Bertz CT molecular complexity index is 208. The zero-order valence-electron chi connectivity index (χ0n) is 9.62. The zero-order chi connectivity index (χ0) is 11.3. The van der Waals surface area contributed by atoms with Crippen LogP contribution in [-0.2, 0) is 14.3 Å². The average molecular weight is 215 g/mol. The van der Waals surface area contributed by atoms with E-state index in [0.29, 0.717) is 19.4 Å². The molecule has 0 amide bonds. The Morgan fingerprint density at radius 3 is 2.67 bits per heavy atom. The van der Waals surface area contributed by atoms with Crippen molar-refractivity contribution in [2.75, 3.05) is 13.2 Å². The molecular weight excluding hydrogens is 194 g/mol. The lowest BCUT2D eigenvalue weighted by molar-refractivity contribution is -0.153. The summed E-state index contributed by atoms with van der Waals surface area (Å²) in [6.45, 7) is 4.92. The fourth-order valence-electron chi connectivity index (χ4n) is 1.63. The minimum Gasteiger partial charge on any atom is -0.462 e. The van der Waals surface area contributed by atoms with Crippen LogP contribution in [0.5, 0.6) is 0 Å². The highest BCUT2D eigenvalue weighted by Crippen LogP contribution is 2.16. The van der Waals surface area contributed by atoms with Crippen molar-refractivity contribution in [3.63, 3.8) is 0 Å². The van der Waals surface area contributed by atoms with E-state index in [1.807, 2.05) is 13.8 Å². The van der Waals surface area contributed by atoms with Crippen molar-refractivity contribution in [3.05, 3.63) is 0 Å². The van der Waals surface area contributed by atoms with Gasteiger partial charge in [0.15, 0.2) is 0 Å². The molecule has 0 bridgehead atoms. The standard InChI is InChI=1S/C11H21NO3/c1-3-11(12,4-2)10(13)15-8-9-6-5-7-14-9/h9H,3-8,12H2,1-2H3. The van der Waals surface area contributed by atoms with Crippen LogP contribution in [0.1, 0.15) is 39.5 Å². The fraction of sp³-hybridized carbons (Fsp3) is 0.909. The summed E-state index contributed by atoms with van der Waals surface area (Å²) in [6.07, 6.45) is 3.31. The largest absolute Gasteiger partial charge is 0.462 e. The van der Waals surface area contributed by atoms with Gasteiger partial charge in [-0.05, 0) is 25.7 Å². The Kier molecular flexibility index (Phi) is 4.54. The van der Waals surface area contributed by atoms with Crippen molar-refractivity contribution in [2.45, 2.75) is 51.2 Å². The number of rotatable bonds is 5. The van der Waals surface area contributed by atoms with Crippen LogP contribution in [-0.4, -0.2) is 30.8 Å². The van der Waals surface area contributed by atoms with Gasteiger partial charge in [-0.2, -0.15) is 0 Å². The molecule has 1 unspecified atom stereocenters. The lowest BCUT2D eigenvalue weighted by atomic mass is 9.95. The topological polar surface area (TPSA) is 61.6 Å². The van der Waals surface area contributed by atoms with Crippen LogP contribution < -0.4 is 5.73 Å². The second kappa shape index (κ2) is 5.47. The van der Waals surface area contributed by atoms with Gasteiger partial charge in [0.25, 0.3) is 0 Å². The van der Waals surface area contributed by atoms with Crippen molar-refractivity contribution in [1.82, 2.24) is 0 Å². The number of nitrogens with two attached hydrogens (primary N) is 1. The highest BCUT2D eigenvalue weighted by Gasteiger charge is 2.32. The maximum atomic E-state index is 11.7. The molecule has 0 radical (unpaired) electrons. The maximum Gasteiger partial charge on any atom is 0.326 e. The second-order valence-corrected chi connectivity index (χ2v) is 4.10. The van der Waals surface area contributed by atoms with Crippen LogP contribution in [0.4, 0.5) is 0 Å². The van der Waals surface area contributed by atoms with E-state index in [-0.39, 0.29) is 12.1 Å². The van der Waals surface area contributed by atoms with Crippen LogP contribution >= 0.6 is 0 Å². The predicted octanol–water partition coefficient (Wildman–Crippen LogP) is 1.23. The first-order valence-electron chi connectivity index (χ1n) is 5.70. The fourth-order valence-corrected chi connectivity index (χ4v) is 1.63. The van der Waals surface area contributed by atoms with Crippen molar-refractivity contribution in [2.24, 2.45) is 5.73 Å². The third-order valence-electron chi connectivity index (χ3n) is 3.09. The first kappa shape index (κ1) is 12.5. The first-order valence-corrected chi connectivity index (χ1v) is 5.70. The van der Waals surface area contributed by atoms with E-state index in [2.05, 4.69) is 0 Å². The van der Waals surface area contributed by atoms with Crippen molar-refractivity contribution >= 4 is 5.97 Å². The van der Waals surface area contributed by atoms with E-state index < -0.39 is 5.54 Å². The molecule has 15 heavy (non-hydrogen) atoms. The summed E-state index contributed by atoms with van der Waals surface area (Å²) in [5, 5.41) is 0. The molecule has 1 aliphatic rings. The third-order valence-corrected chi connectivity index (χ3v) is 3.09. The predicted molar refractivity (Wildman–Crippen MR) is 57.4 cm³/mol. The maximum absolute atomic E-state index is 11.7. The molecule has 1 saturated heterocycles. The number of hydrogen-bond donors (Lipinski definition) is 1. The number of hydrogen-bond acceptors (Lipinski definition) is 4. The summed E-state index contributed by atoms with van der Waals surface area (Å²) in [4.78, 5) is 11.7. The Hall–Kier alpha value is -0.610. The molecule has 0 spiro atoms. The molecule has 88 valence electrons. The van der Waals surface area contributed by atoms with Gasteiger partial charge in [-0.25, -0.2) is 0 Å². The summed E-state index contributed by atoms with van der Waals surface area (Å²) >= 11 is 0. The highest BCUT2D eigenvalue weighted by molar-refractivity contribution is 5.80. The first-order chi connectivity index (χ1) is 7.12. The molecule has 1 atom stereocenters. The van der Waals surface area contributed by atoms with Gasteiger partial charge in [0.2, 0.25) is 0 Å². The third kappa shape index (κ3) is 3.18. The molecule has 1 rings (SSSR count). The number of carbonyl (C=O) groups excluding carboxylic acids is 1. The molecule has 0 aliphatic carbocycles. The number of carbonyl (C=O) groups is 1. The summed E-state index contributed by atoms with van der Waals surface area (Å²) in [6, 6.07) is 0. The molecule has 4 nitrogen and oxygen atoms in total. The molecule has 0 saturated carbocycles. The molecule has 1 aliphatic heterocycles. The second-order valence-electron chi connectivity index (χ2n) is 4.10. The molecule has 0 aromatic carbocycles. The molecule has 1 fully saturated rings. The van der Waals surface area contributed by atoms with E-state index in [1.165, 1.54) is 0 Å². The van der Waals surface area contributed by atoms with Gasteiger partial charge >= 0.3 is 5.97 Å². The normalized spacial score (nSPS) is 21.7. The van der Waals surface area contributed by atoms with E-state index >= 15 is 0 Å². The average Bonchev–Trinajstić information content (AvgIpc) is 2.77. The van der Waals surface area contributed by atoms with Gasteiger partial charge in [0.1, 0.15) is 12.1 Å². The summed E-state index contributed by atoms with van der Waals surface area (Å²) in [5.41, 5.74) is 5.09. The van der Waals surface area contributed by atoms with Crippen molar-refractivity contribution in [1.29, 1.82) is 0 Å². The van der Waals surface area contributed by atoms with Gasteiger partial charge in [-0.1, -0.05) is 13.8 Å². The number of ether oxygens (including phenoxy) is 2. The molecule has 2 N–H and O–H groups in total. The van der Waals surface area contributed by atoms with Crippen molar-refractivity contribution < 1.29 is 14.3 Å². The Morgan fingerprint density at radius 2 is 2.20 bits per heavy atom. The molecular formula is C11H21NO3. The van der Waals surface area contributed by atoms with E-state index in [0.717, 1.165) is 19.4 Å². The lowest BCUT2D eigenvalue weighted by Gasteiger charge is -2.24. The van der Waals surface area contributed by atoms with Crippen LogP contribution in [0.2, 0.25) is 0 Å². The van der Waals surface area contributed by atoms with E-state index in [9.17, 15) is 4.79 Å². The van der Waals surface area contributed by atoms with Gasteiger partial charge in [0, 0.05) is 6.61 Å². The molecule has 4 heteroatoms. The monoisotopic (exact) mass is 215 g/mol. The summed E-state index contributed by atoms with van der Waals surface area (Å²) in [7, 11) is 0.